The summed E-state index contributed by atoms with van der Waals surface area (Å²) >= 11 is 0. The van der Waals surface area contributed by atoms with Gasteiger partial charge in [0, 0.05) is 25.9 Å². The van der Waals surface area contributed by atoms with Gasteiger partial charge in [0.2, 0.25) is 0 Å². The molecule has 0 bridgehead atoms. The zero-order chi connectivity index (χ0) is 12.1. The summed E-state index contributed by atoms with van der Waals surface area (Å²) in [5.74, 6) is 3.08. The second-order valence-corrected chi connectivity index (χ2v) is 5.29. The fourth-order valence-electron chi connectivity index (χ4n) is 2.70. The Labute approximate surface area is 105 Å². The lowest BCUT2D eigenvalue weighted by Crippen LogP contribution is -2.35. The molecular formula is C14H25N3. The monoisotopic (exact) mass is 235 g/mol. The number of aryl methyl sites for hydroxylation is 2. The van der Waals surface area contributed by atoms with Gasteiger partial charge < -0.3 is 9.88 Å². The van der Waals surface area contributed by atoms with Crippen molar-refractivity contribution in [2.24, 2.45) is 18.9 Å². The number of aromatic nitrogens is 2. The molecule has 1 aliphatic carbocycles. The molecule has 3 nitrogen and oxygen atoms in total. The summed E-state index contributed by atoms with van der Waals surface area (Å²) in [6.45, 7) is 4.62. The lowest BCUT2D eigenvalue weighted by atomic mass is 9.71. The molecule has 0 amide bonds. The van der Waals surface area contributed by atoms with E-state index in [2.05, 4.69) is 28.8 Å². The fraction of sp³-hybridized carbons (Fsp3) is 0.786. The summed E-state index contributed by atoms with van der Waals surface area (Å²) < 4.78 is 2.14. The van der Waals surface area contributed by atoms with Crippen LogP contribution in [-0.2, 0) is 13.5 Å². The van der Waals surface area contributed by atoms with Crippen molar-refractivity contribution in [2.45, 2.75) is 39.0 Å². The van der Waals surface area contributed by atoms with Gasteiger partial charge in [0.05, 0.1) is 0 Å². The minimum absolute atomic E-state index is 0.918. The lowest BCUT2D eigenvalue weighted by Gasteiger charge is -2.37. The van der Waals surface area contributed by atoms with Crippen LogP contribution in [0.3, 0.4) is 0 Å². The van der Waals surface area contributed by atoms with Crippen LogP contribution in [0.1, 0.15) is 38.4 Å². The number of hydrogen-bond donors (Lipinski definition) is 1. The van der Waals surface area contributed by atoms with E-state index in [0.717, 1.165) is 18.3 Å². The summed E-state index contributed by atoms with van der Waals surface area (Å²) in [7, 11) is 2.09. The van der Waals surface area contributed by atoms with E-state index < -0.39 is 0 Å². The SMILES string of the molecule is CCCNCC1CCC1CCc1nccn1C. The van der Waals surface area contributed by atoms with Gasteiger partial charge in [-0.25, -0.2) is 4.98 Å². The van der Waals surface area contributed by atoms with Crippen molar-refractivity contribution in [3.05, 3.63) is 18.2 Å². The minimum atomic E-state index is 0.918. The van der Waals surface area contributed by atoms with Gasteiger partial charge in [0.25, 0.3) is 0 Å². The normalized spacial score (nSPS) is 23.6. The summed E-state index contributed by atoms with van der Waals surface area (Å²) in [5.41, 5.74) is 0. The van der Waals surface area contributed by atoms with E-state index in [0.29, 0.717) is 0 Å². The van der Waals surface area contributed by atoms with E-state index in [-0.39, 0.29) is 0 Å². The molecule has 2 rings (SSSR count). The Balaban J connectivity index is 1.68. The molecule has 0 aromatic carbocycles. The molecule has 1 heterocycles. The van der Waals surface area contributed by atoms with Gasteiger partial charge in [-0.1, -0.05) is 6.92 Å². The standard InChI is InChI=1S/C14H25N3/c1-3-8-15-11-13-5-4-12(13)6-7-14-16-9-10-17(14)2/h9-10,12-13,15H,3-8,11H2,1-2H3. The van der Waals surface area contributed by atoms with Crippen LogP contribution in [0.15, 0.2) is 12.4 Å². The van der Waals surface area contributed by atoms with Gasteiger partial charge in [-0.15, -0.1) is 0 Å². The first-order valence-electron chi connectivity index (χ1n) is 6.98. The van der Waals surface area contributed by atoms with E-state index in [1.54, 1.807) is 0 Å². The molecule has 0 spiro atoms. The Morgan fingerprint density at radius 2 is 2.24 bits per heavy atom. The van der Waals surface area contributed by atoms with Crippen molar-refractivity contribution in [1.29, 1.82) is 0 Å². The van der Waals surface area contributed by atoms with E-state index in [1.165, 1.54) is 44.6 Å². The molecule has 1 saturated carbocycles. The molecule has 2 unspecified atom stereocenters. The first-order chi connectivity index (χ1) is 8.31. The van der Waals surface area contributed by atoms with Crippen LogP contribution in [0, 0.1) is 11.8 Å². The van der Waals surface area contributed by atoms with Crippen LogP contribution >= 0.6 is 0 Å². The molecule has 2 atom stereocenters. The van der Waals surface area contributed by atoms with Gasteiger partial charge >= 0.3 is 0 Å². The Hall–Kier alpha value is -0.830. The Morgan fingerprint density at radius 1 is 1.41 bits per heavy atom. The van der Waals surface area contributed by atoms with E-state index >= 15 is 0 Å². The molecular weight excluding hydrogens is 210 g/mol. The van der Waals surface area contributed by atoms with Crippen LogP contribution in [0.2, 0.25) is 0 Å². The Bertz CT molecular complexity index is 332. The summed E-state index contributed by atoms with van der Waals surface area (Å²) in [5, 5.41) is 3.55. The van der Waals surface area contributed by atoms with Gasteiger partial charge in [0.1, 0.15) is 5.82 Å². The quantitative estimate of drug-likeness (QED) is 0.735. The van der Waals surface area contributed by atoms with Crippen LogP contribution < -0.4 is 5.32 Å². The lowest BCUT2D eigenvalue weighted by molar-refractivity contribution is 0.160. The van der Waals surface area contributed by atoms with Crippen LogP contribution in [0.4, 0.5) is 0 Å². The average molecular weight is 235 g/mol. The zero-order valence-electron chi connectivity index (χ0n) is 11.2. The largest absolute Gasteiger partial charge is 0.338 e. The van der Waals surface area contributed by atoms with Crippen LogP contribution in [0.5, 0.6) is 0 Å². The molecule has 1 fully saturated rings. The number of nitrogens with one attached hydrogen (secondary N) is 1. The zero-order valence-corrected chi connectivity index (χ0v) is 11.2. The first kappa shape index (κ1) is 12.6. The van der Waals surface area contributed by atoms with E-state index in [1.807, 2.05) is 12.4 Å². The van der Waals surface area contributed by atoms with Gasteiger partial charge in [-0.2, -0.15) is 0 Å². The van der Waals surface area contributed by atoms with Crippen molar-refractivity contribution < 1.29 is 0 Å². The molecule has 17 heavy (non-hydrogen) atoms. The maximum atomic E-state index is 4.39. The topological polar surface area (TPSA) is 29.9 Å². The Kier molecular flexibility index (Phi) is 4.60. The maximum absolute atomic E-state index is 4.39. The molecule has 1 aliphatic rings. The summed E-state index contributed by atoms with van der Waals surface area (Å²) in [6.07, 6.45) is 10.5. The van der Waals surface area contributed by atoms with E-state index in [9.17, 15) is 0 Å². The molecule has 3 heteroatoms. The number of hydrogen-bond acceptors (Lipinski definition) is 2. The third-order valence-electron chi connectivity index (χ3n) is 4.07. The smallest absolute Gasteiger partial charge is 0.108 e. The molecule has 0 radical (unpaired) electrons. The van der Waals surface area contributed by atoms with Crippen molar-refractivity contribution in [1.82, 2.24) is 14.9 Å². The molecule has 1 N–H and O–H groups in total. The maximum Gasteiger partial charge on any atom is 0.108 e. The number of nitrogens with zero attached hydrogens (tertiary/aromatic N) is 2. The molecule has 0 saturated heterocycles. The molecule has 96 valence electrons. The van der Waals surface area contributed by atoms with Crippen LogP contribution in [0.25, 0.3) is 0 Å². The summed E-state index contributed by atoms with van der Waals surface area (Å²) in [4.78, 5) is 4.39. The fourth-order valence-corrected chi connectivity index (χ4v) is 2.70. The highest BCUT2D eigenvalue weighted by molar-refractivity contribution is 4.93. The van der Waals surface area contributed by atoms with E-state index in [4.69, 9.17) is 0 Å². The Morgan fingerprint density at radius 3 is 2.82 bits per heavy atom. The number of imidazole rings is 1. The van der Waals surface area contributed by atoms with Crippen molar-refractivity contribution in [3.8, 4) is 0 Å². The third-order valence-corrected chi connectivity index (χ3v) is 4.07. The van der Waals surface area contributed by atoms with Gasteiger partial charge in [-0.05, 0) is 50.6 Å². The highest BCUT2D eigenvalue weighted by Crippen LogP contribution is 2.36. The molecule has 1 aromatic heterocycles. The predicted molar refractivity (Wildman–Crippen MR) is 70.9 cm³/mol. The van der Waals surface area contributed by atoms with Gasteiger partial charge in [-0.3, -0.25) is 0 Å². The highest BCUT2D eigenvalue weighted by Gasteiger charge is 2.29. The first-order valence-corrected chi connectivity index (χ1v) is 6.98. The summed E-state index contributed by atoms with van der Waals surface area (Å²) in [6, 6.07) is 0. The molecule has 1 aromatic rings. The van der Waals surface area contributed by atoms with Crippen molar-refractivity contribution >= 4 is 0 Å². The minimum Gasteiger partial charge on any atom is -0.338 e. The predicted octanol–water partition coefficient (Wildman–Crippen LogP) is 2.38. The third kappa shape index (κ3) is 3.32. The second kappa shape index (κ2) is 6.20. The molecule has 0 aliphatic heterocycles. The van der Waals surface area contributed by atoms with Crippen LogP contribution in [-0.4, -0.2) is 22.6 Å². The number of rotatable bonds is 7. The highest BCUT2D eigenvalue weighted by atomic mass is 15.0. The second-order valence-electron chi connectivity index (χ2n) is 5.29. The average Bonchev–Trinajstić information content (AvgIpc) is 2.69. The van der Waals surface area contributed by atoms with Gasteiger partial charge in [0.15, 0.2) is 0 Å². The van der Waals surface area contributed by atoms with Crippen molar-refractivity contribution in [3.63, 3.8) is 0 Å². The van der Waals surface area contributed by atoms with Crippen molar-refractivity contribution in [2.75, 3.05) is 13.1 Å².